The van der Waals surface area contributed by atoms with E-state index in [4.69, 9.17) is 0 Å². The molecule has 1 fully saturated rings. The van der Waals surface area contributed by atoms with Gasteiger partial charge in [-0.1, -0.05) is 37.3 Å². The molecule has 35 heavy (non-hydrogen) atoms. The van der Waals surface area contributed by atoms with Crippen molar-refractivity contribution in [1.29, 1.82) is 0 Å². The lowest BCUT2D eigenvalue weighted by atomic mass is 9.72. The first-order chi connectivity index (χ1) is 16.9. The number of para-hydroxylation sites is 1. The summed E-state index contributed by atoms with van der Waals surface area (Å²) in [4.78, 5) is 41.8. The molecule has 7 nitrogen and oxygen atoms in total. The molecule has 5 rings (SSSR count). The highest BCUT2D eigenvalue weighted by Gasteiger charge is 2.42. The van der Waals surface area contributed by atoms with Gasteiger partial charge >= 0.3 is 0 Å². The minimum atomic E-state index is -0.725. The van der Waals surface area contributed by atoms with E-state index < -0.39 is 5.41 Å². The summed E-state index contributed by atoms with van der Waals surface area (Å²) in [6.45, 7) is 3.89. The molecule has 3 amide bonds. The van der Waals surface area contributed by atoms with E-state index in [1.807, 2.05) is 62.4 Å². The number of aromatic nitrogens is 2. The van der Waals surface area contributed by atoms with Crippen LogP contribution in [-0.2, 0) is 15.0 Å². The van der Waals surface area contributed by atoms with Gasteiger partial charge in [-0.05, 0) is 67.8 Å². The van der Waals surface area contributed by atoms with Crippen LogP contribution >= 0.6 is 0 Å². The highest BCUT2D eigenvalue weighted by molar-refractivity contribution is 6.06. The normalized spacial score (nSPS) is 17.9. The van der Waals surface area contributed by atoms with Gasteiger partial charge in [-0.25, -0.2) is 4.98 Å². The molecule has 1 aliphatic rings. The maximum Gasteiger partial charge on any atom is 0.255 e. The fraction of sp³-hybridized carbons (Fsp3) is 0.214. The van der Waals surface area contributed by atoms with E-state index in [0.29, 0.717) is 30.5 Å². The molecule has 2 N–H and O–H groups in total. The number of hydrogen-bond donors (Lipinski definition) is 2. The quantitative estimate of drug-likeness (QED) is 0.418. The third-order valence-corrected chi connectivity index (χ3v) is 6.86. The lowest BCUT2D eigenvalue weighted by Crippen LogP contribution is -2.51. The molecule has 1 aromatic heterocycles. The second kappa shape index (κ2) is 8.83. The van der Waals surface area contributed by atoms with Crippen molar-refractivity contribution in [3.63, 3.8) is 0 Å². The summed E-state index contributed by atoms with van der Waals surface area (Å²) in [5.74, 6) is 0.116. The molecule has 176 valence electrons. The van der Waals surface area contributed by atoms with Crippen LogP contribution in [0, 0.1) is 6.92 Å². The fourth-order valence-electron chi connectivity index (χ4n) is 4.89. The number of benzene rings is 3. The number of carbonyl (C=O) groups is 3. The minimum Gasteiger partial charge on any atom is -0.322 e. The number of imidazole rings is 1. The number of hydrogen-bond acceptors (Lipinski definition) is 4. The van der Waals surface area contributed by atoms with Crippen LogP contribution in [0.15, 0.2) is 72.8 Å². The van der Waals surface area contributed by atoms with E-state index in [1.54, 1.807) is 24.3 Å². The van der Waals surface area contributed by atoms with E-state index in [1.165, 1.54) is 0 Å². The Morgan fingerprint density at radius 2 is 1.80 bits per heavy atom. The number of nitrogens with zero attached hydrogens (tertiary/aromatic N) is 2. The summed E-state index contributed by atoms with van der Waals surface area (Å²) in [6.07, 6.45) is 1.39. The van der Waals surface area contributed by atoms with E-state index in [0.717, 1.165) is 28.1 Å². The molecule has 0 aliphatic carbocycles. The molecule has 0 bridgehead atoms. The highest BCUT2D eigenvalue weighted by atomic mass is 16.2. The van der Waals surface area contributed by atoms with Crippen LogP contribution in [0.2, 0.25) is 0 Å². The van der Waals surface area contributed by atoms with Gasteiger partial charge in [0.25, 0.3) is 5.91 Å². The van der Waals surface area contributed by atoms with Gasteiger partial charge in [0.1, 0.15) is 5.82 Å². The zero-order valence-corrected chi connectivity index (χ0v) is 19.7. The van der Waals surface area contributed by atoms with Gasteiger partial charge in [0.15, 0.2) is 0 Å². The SMILES string of the molecule is CCC1(c2ccc(NC(=O)c3ccc4c(c3)nc(C)n4-c3ccccc3)cc2)CCC(=O)NC1=O. The van der Waals surface area contributed by atoms with E-state index in [9.17, 15) is 14.4 Å². The van der Waals surface area contributed by atoms with Crippen LogP contribution in [0.4, 0.5) is 5.69 Å². The Morgan fingerprint density at radius 1 is 1.06 bits per heavy atom. The summed E-state index contributed by atoms with van der Waals surface area (Å²) in [5.41, 5.74) is 3.95. The fourth-order valence-corrected chi connectivity index (χ4v) is 4.89. The summed E-state index contributed by atoms with van der Waals surface area (Å²) in [6, 6.07) is 22.8. The average molecular weight is 467 g/mol. The van der Waals surface area contributed by atoms with Crippen molar-refractivity contribution >= 4 is 34.4 Å². The molecule has 7 heteroatoms. The van der Waals surface area contributed by atoms with Gasteiger partial charge in [-0.3, -0.25) is 24.3 Å². The lowest BCUT2D eigenvalue weighted by molar-refractivity contribution is -0.138. The van der Waals surface area contributed by atoms with Gasteiger partial charge in [0, 0.05) is 23.4 Å². The molecule has 0 saturated carbocycles. The number of imide groups is 1. The Kier molecular flexibility index (Phi) is 5.68. The predicted octanol–water partition coefficient (Wildman–Crippen LogP) is 4.67. The van der Waals surface area contributed by atoms with Gasteiger partial charge in [0.2, 0.25) is 11.8 Å². The standard InChI is InChI=1S/C28H26N4O3/c1-3-28(16-15-25(33)31-27(28)35)20-10-12-21(13-11-20)30-26(34)19-9-14-24-23(17-19)29-18(2)32(24)22-7-5-4-6-8-22/h4-14,17H,3,15-16H2,1-2H3,(H,30,34)(H,31,33,35). The molecular weight excluding hydrogens is 440 g/mol. The Bertz CT molecular complexity index is 1440. The number of amides is 3. The molecule has 3 aromatic carbocycles. The number of fused-ring (bicyclic) bond motifs is 1. The van der Waals surface area contributed by atoms with Crippen molar-refractivity contribution in [2.75, 3.05) is 5.32 Å². The average Bonchev–Trinajstić information content (AvgIpc) is 3.20. The second-order valence-corrected chi connectivity index (χ2v) is 8.88. The van der Waals surface area contributed by atoms with Crippen molar-refractivity contribution in [1.82, 2.24) is 14.9 Å². The molecule has 1 aliphatic heterocycles. The lowest BCUT2D eigenvalue weighted by Gasteiger charge is -2.35. The summed E-state index contributed by atoms with van der Waals surface area (Å²) >= 11 is 0. The van der Waals surface area contributed by atoms with Crippen molar-refractivity contribution < 1.29 is 14.4 Å². The summed E-state index contributed by atoms with van der Waals surface area (Å²) in [5, 5.41) is 5.39. The third kappa shape index (κ3) is 3.99. The van der Waals surface area contributed by atoms with Crippen LogP contribution < -0.4 is 10.6 Å². The Balaban J connectivity index is 1.37. The molecule has 0 spiro atoms. The van der Waals surface area contributed by atoms with Gasteiger partial charge < -0.3 is 5.32 Å². The van der Waals surface area contributed by atoms with Crippen LogP contribution in [0.3, 0.4) is 0 Å². The topological polar surface area (TPSA) is 93.1 Å². The van der Waals surface area contributed by atoms with E-state index in [2.05, 4.69) is 20.2 Å². The smallest absolute Gasteiger partial charge is 0.255 e. The van der Waals surface area contributed by atoms with Crippen LogP contribution in [-0.4, -0.2) is 27.3 Å². The van der Waals surface area contributed by atoms with Crippen molar-refractivity contribution in [3.8, 4) is 5.69 Å². The first-order valence-electron chi connectivity index (χ1n) is 11.7. The van der Waals surface area contributed by atoms with E-state index >= 15 is 0 Å². The highest BCUT2D eigenvalue weighted by Crippen LogP contribution is 2.36. The monoisotopic (exact) mass is 466 g/mol. The Labute approximate surface area is 203 Å². The molecule has 2 heterocycles. The van der Waals surface area contributed by atoms with Crippen LogP contribution in [0.5, 0.6) is 0 Å². The predicted molar refractivity (Wildman–Crippen MR) is 135 cm³/mol. The molecule has 1 atom stereocenters. The van der Waals surface area contributed by atoms with Gasteiger partial charge in [-0.2, -0.15) is 0 Å². The first kappa shape index (κ1) is 22.5. The number of piperidine rings is 1. The molecular formula is C28H26N4O3. The van der Waals surface area contributed by atoms with Crippen LogP contribution in [0.25, 0.3) is 16.7 Å². The zero-order valence-electron chi connectivity index (χ0n) is 19.7. The van der Waals surface area contributed by atoms with Crippen molar-refractivity contribution in [2.24, 2.45) is 0 Å². The third-order valence-electron chi connectivity index (χ3n) is 6.86. The van der Waals surface area contributed by atoms with Gasteiger partial charge in [-0.15, -0.1) is 0 Å². The van der Waals surface area contributed by atoms with Crippen LogP contribution in [0.1, 0.15) is 47.9 Å². The Morgan fingerprint density at radius 3 is 2.49 bits per heavy atom. The van der Waals surface area contributed by atoms with Gasteiger partial charge in [0.05, 0.1) is 16.4 Å². The number of aryl methyl sites for hydroxylation is 1. The largest absolute Gasteiger partial charge is 0.322 e. The number of rotatable bonds is 5. The molecule has 1 saturated heterocycles. The van der Waals surface area contributed by atoms with E-state index in [-0.39, 0.29) is 17.7 Å². The zero-order chi connectivity index (χ0) is 24.6. The summed E-state index contributed by atoms with van der Waals surface area (Å²) in [7, 11) is 0. The maximum atomic E-state index is 13.0. The second-order valence-electron chi connectivity index (χ2n) is 8.88. The maximum absolute atomic E-state index is 13.0. The summed E-state index contributed by atoms with van der Waals surface area (Å²) < 4.78 is 2.06. The molecule has 4 aromatic rings. The Hall–Kier alpha value is -4.26. The van der Waals surface area contributed by atoms with Crippen molar-refractivity contribution in [2.45, 2.75) is 38.5 Å². The molecule has 1 unspecified atom stereocenters. The first-order valence-corrected chi connectivity index (χ1v) is 11.7. The molecule has 0 radical (unpaired) electrons. The van der Waals surface area contributed by atoms with Crippen molar-refractivity contribution in [3.05, 3.63) is 89.7 Å². The minimum absolute atomic E-state index is 0.233. The number of anilines is 1. The number of carbonyl (C=O) groups excluding carboxylic acids is 3. The number of nitrogens with one attached hydrogen (secondary N) is 2.